The Morgan fingerprint density at radius 3 is 2.93 bits per heavy atom. The smallest absolute Gasteiger partial charge is 0.168 e. The number of ether oxygens (including phenoxy) is 1. The standard InChI is InChI=1S/C11H19N3O/c1-9(7-12-2)8-14-11-10(15-3)5-4-6-13-11/h4-6,9,12H,7-8H2,1-3H3,(H,13,14). The molecule has 0 amide bonds. The second kappa shape index (κ2) is 6.24. The Bertz CT molecular complexity index is 291. The molecule has 0 aliphatic heterocycles. The maximum absolute atomic E-state index is 5.20. The van der Waals surface area contributed by atoms with Gasteiger partial charge in [0, 0.05) is 12.7 Å². The lowest BCUT2D eigenvalue weighted by Gasteiger charge is -2.14. The Labute approximate surface area is 91.1 Å². The van der Waals surface area contributed by atoms with Crippen molar-refractivity contribution < 1.29 is 4.74 Å². The summed E-state index contributed by atoms with van der Waals surface area (Å²) in [5, 5.41) is 6.41. The zero-order valence-corrected chi connectivity index (χ0v) is 9.58. The normalized spacial score (nSPS) is 12.2. The van der Waals surface area contributed by atoms with Gasteiger partial charge in [-0.05, 0) is 31.6 Å². The quantitative estimate of drug-likeness (QED) is 0.742. The molecule has 0 aliphatic rings. The molecule has 0 saturated heterocycles. The van der Waals surface area contributed by atoms with Crippen LogP contribution in [0.25, 0.3) is 0 Å². The van der Waals surface area contributed by atoms with Crippen molar-refractivity contribution in [3.8, 4) is 5.75 Å². The molecular formula is C11H19N3O. The first kappa shape index (κ1) is 11.8. The maximum atomic E-state index is 5.20. The minimum atomic E-state index is 0.557. The van der Waals surface area contributed by atoms with Gasteiger partial charge < -0.3 is 15.4 Å². The summed E-state index contributed by atoms with van der Waals surface area (Å²) in [7, 11) is 3.61. The fraction of sp³-hybridized carbons (Fsp3) is 0.545. The number of rotatable bonds is 6. The van der Waals surface area contributed by atoms with Gasteiger partial charge in [-0.1, -0.05) is 6.92 Å². The summed E-state index contributed by atoms with van der Waals surface area (Å²) in [6, 6.07) is 3.76. The van der Waals surface area contributed by atoms with E-state index >= 15 is 0 Å². The molecule has 0 aliphatic carbocycles. The molecule has 1 heterocycles. The number of hydrogen-bond acceptors (Lipinski definition) is 4. The summed E-state index contributed by atoms with van der Waals surface area (Å²) in [5.41, 5.74) is 0. The fourth-order valence-corrected chi connectivity index (χ4v) is 1.38. The van der Waals surface area contributed by atoms with Gasteiger partial charge in [-0.2, -0.15) is 0 Å². The monoisotopic (exact) mass is 209 g/mol. The molecule has 0 spiro atoms. The minimum Gasteiger partial charge on any atom is -0.493 e. The molecule has 4 nitrogen and oxygen atoms in total. The highest BCUT2D eigenvalue weighted by molar-refractivity contribution is 5.49. The lowest BCUT2D eigenvalue weighted by molar-refractivity contribution is 0.414. The van der Waals surface area contributed by atoms with Gasteiger partial charge in [0.15, 0.2) is 11.6 Å². The summed E-state index contributed by atoms with van der Waals surface area (Å²) in [4.78, 5) is 4.23. The summed E-state index contributed by atoms with van der Waals surface area (Å²) in [6.45, 7) is 4.05. The third-order valence-corrected chi connectivity index (χ3v) is 2.16. The number of methoxy groups -OCH3 is 1. The number of nitrogens with one attached hydrogen (secondary N) is 2. The summed E-state index contributed by atoms with van der Waals surface area (Å²) in [6.07, 6.45) is 1.76. The van der Waals surface area contributed by atoms with Crippen LogP contribution >= 0.6 is 0 Å². The van der Waals surface area contributed by atoms with E-state index in [1.54, 1.807) is 13.3 Å². The van der Waals surface area contributed by atoms with Gasteiger partial charge in [0.2, 0.25) is 0 Å². The Kier molecular flexibility index (Phi) is 4.90. The summed E-state index contributed by atoms with van der Waals surface area (Å²) in [5.74, 6) is 2.15. The van der Waals surface area contributed by atoms with E-state index < -0.39 is 0 Å². The van der Waals surface area contributed by atoms with E-state index in [0.29, 0.717) is 5.92 Å². The minimum absolute atomic E-state index is 0.557. The van der Waals surface area contributed by atoms with Crippen molar-refractivity contribution in [1.29, 1.82) is 0 Å². The van der Waals surface area contributed by atoms with E-state index in [4.69, 9.17) is 4.74 Å². The zero-order chi connectivity index (χ0) is 11.1. The molecular weight excluding hydrogens is 190 g/mol. The molecule has 15 heavy (non-hydrogen) atoms. The van der Waals surface area contributed by atoms with E-state index in [0.717, 1.165) is 24.7 Å². The number of pyridine rings is 1. The van der Waals surface area contributed by atoms with Gasteiger partial charge in [0.1, 0.15) is 0 Å². The van der Waals surface area contributed by atoms with Gasteiger partial charge in [-0.3, -0.25) is 0 Å². The fourth-order valence-electron chi connectivity index (χ4n) is 1.38. The second-order valence-electron chi connectivity index (χ2n) is 3.60. The van der Waals surface area contributed by atoms with Crippen molar-refractivity contribution in [2.75, 3.05) is 32.6 Å². The SMILES string of the molecule is CNCC(C)CNc1ncccc1OC. The highest BCUT2D eigenvalue weighted by Gasteiger charge is 2.04. The molecule has 2 N–H and O–H groups in total. The zero-order valence-electron chi connectivity index (χ0n) is 9.58. The van der Waals surface area contributed by atoms with Crippen molar-refractivity contribution >= 4 is 5.82 Å². The topological polar surface area (TPSA) is 46.2 Å². The Morgan fingerprint density at radius 1 is 1.47 bits per heavy atom. The van der Waals surface area contributed by atoms with Gasteiger partial charge in [0.25, 0.3) is 0 Å². The molecule has 4 heteroatoms. The highest BCUT2D eigenvalue weighted by Crippen LogP contribution is 2.19. The van der Waals surface area contributed by atoms with Crippen molar-refractivity contribution in [1.82, 2.24) is 10.3 Å². The molecule has 1 rings (SSSR count). The first-order chi connectivity index (χ1) is 7.27. The van der Waals surface area contributed by atoms with E-state index in [-0.39, 0.29) is 0 Å². The molecule has 1 aromatic rings. The Balaban J connectivity index is 2.49. The van der Waals surface area contributed by atoms with Crippen LogP contribution in [0.4, 0.5) is 5.82 Å². The first-order valence-corrected chi connectivity index (χ1v) is 5.15. The lowest BCUT2D eigenvalue weighted by atomic mass is 10.2. The van der Waals surface area contributed by atoms with Crippen LogP contribution in [-0.2, 0) is 0 Å². The van der Waals surface area contributed by atoms with E-state index in [1.807, 2.05) is 19.2 Å². The van der Waals surface area contributed by atoms with Crippen molar-refractivity contribution in [2.45, 2.75) is 6.92 Å². The molecule has 0 aromatic carbocycles. The van der Waals surface area contributed by atoms with Crippen LogP contribution in [-0.4, -0.2) is 32.2 Å². The molecule has 0 radical (unpaired) electrons. The van der Waals surface area contributed by atoms with Gasteiger partial charge in [0.05, 0.1) is 7.11 Å². The van der Waals surface area contributed by atoms with Crippen LogP contribution in [0.1, 0.15) is 6.92 Å². The molecule has 84 valence electrons. The molecule has 1 atom stereocenters. The molecule has 0 saturated carbocycles. The van der Waals surface area contributed by atoms with Crippen LogP contribution in [0.5, 0.6) is 5.75 Å². The van der Waals surface area contributed by atoms with Gasteiger partial charge in [-0.15, -0.1) is 0 Å². The number of aromatic nitrogens is 1. The Hall–Kier alpha value is -1.29. The molecule has 1 aromatic heterocycles. The highest BCUT2D eigenvalue weighted by atomic mass is 16.5. The van der Waals surface area contributed by atoms with Crippen LogP contribution in [0.3, 0.4) is 0 Å². The van der Waals surface area contributed by atoms with E-state index in [2.05, 4.69) is 22.5 Å². The Morgan fingerprint density at radius 2 is 2.27 bits per heavy atom. The largest absolute Gasteiger partial charge is 0.493 e. The number of anilines is 1. The van der Waals surface area contributed by atoms with Gasteiger partial charge in [-0.25, -0.2) is 4.98 Å². The second-order valence-corrected chi connectivity index (χ2v) is 3.60. The molecule has 0 fully saturated rings. The lowest BCUT2D eigenvalue weighted by Crippen LogP contribution is -2.23. The van der Waals surface area contributed by atoms with Crippen LogP contribution in [0, 0.1) is 5.92 Å². The average molecular weight is 209 g/mol. The average Bonchev–Trinajstić information content (AvgIpc) is 2.27. The third-order valence-electron chi connectivity index (χ3n) is 2.16. The molecule has 0 bridgehead atoms. The van der Waals surface area contributed by atoms with Crippen LogP contribution < -0.4 is 15.4 Å². The van der Waals surface area contributed by atoms with Crippen LogP contribution in [0.2, 0.25) is 0 Å². The maximum Gasteiger partial charge on any atom is 0.168 e. The van der Waals surface area contributed by atoms with Crippen LogP contribution in [0.15, 0.2) is 18.3 Å². The first-order valence-electron chi connectivity index (χ1n) is 5.15. The third kappa shape index (κ3) is 3.75. The van der Waals surface area contributed by atoms with Crippen molar-refractivity contribution in [2.24, 2.45) is 5.92 Å². The van der Waals surface area contributed by atoms with E-state index in [1.165, 1.54) is 0 Å². The summed E-state index contributed by atoms with van der Waals surface area (Å²) < 4.78 is 5.20. The predicted molar refractivity (Wildman–Crippen MR) is 62.4 cm³/mol. The summed E-state index contributed by atoms with van der Waals surface area (Å²) >= 11 is 0. The number of hydrogen-bond donors (Lipinski definition) is 2. The predicted octanol–water partition coefficient (Wildman–Crippen LogP) is 1.36. The van der Waals surface area contributed by atoms with E-state index in [9.17, 15) is 0 Å². The van der Waals surface area contributed by atoms with Gasteiger partial charge >= 0.3 is 0 Å². The van der Waals surface area contributed by atoms with Crippen molar-refractivity contribution in [3.05, 3.63) is 18.3 Å². The molecule has 1 unspecified atom stereocenters. The van der Waals surface area contributed by atoms with Crippen molar-refractivity contribution in [3.63, 3.8) is 0 Å². The number of nitrogens with zero attached hydrogens (tertiary/aromatic N) is 1.